The number of nitrogens with zero attached hydrogens (tertiary/aromatic N) is 2. The quantitative estimate of drug-likeness (QED) is 0.337. The largest absolute Gasteiger partial charge is 0.465 e. The van der Waals surface area contributed by atoms with Crippen LogP contribution in [0.5, 0.6) is 0 Å². The van der Waals surface area contributed by atoms with Gasteiger partial charge >= 0.3 is 5.97 Å². The molecule has 1 N–H and O–H groups in total. The van der Waals surface area contributed by atoms with Gasteiger partial charge in [-0.2, -0.15) is 0 Å². The molecule has 0 saturated carbocycles. The van der Waals surface area contributed by atoms with E-state index in [-0.39, 0.29) is 5.69 Å². The summed E-state index contributed by atoms with van der Waals surface area (Å²) in [5.41, 5.74) is 1.97. The molecule has 9 heteroatoms. The van der Waals surface area contributed by atoms with E-state index in [1.165, 1.54) is 31.4 Å². The van der Waals surface area contributed by atoms with Gasteiger partial charge in [0.1, 0.15) is 0 Å². The molecule has 156 valence electrons. The average molecular weight is 411 g/mol. The van der Waals surface area contributed by atoms with Crippen molar-refractivity contribution in [1.29, 1.82) is 0 Å². The summed E-state index contributed by atoms with van der Waals surface area (Å²) < 4.78 is 10.2. The number of hydrogen-bond donors (Lipinski definition) is 1. The summed E-state index contributed by atoms with van der Waals surface area (Å²) in [5.74, 6) is -0.934. The van der Waals surface area contributed by atoms with Crippen LogP contribution in [0.2, 0.25) is 0 Å². The second-order valence-corrected chi connectivity index (χ2v) is 6.50. The molecule has 1 aliphatic rings. The number of esters is 1. The lowest BCUT2D eigenvalue weighted by molar-refractivity contribution is -0.384. The van der Waals surface area contributed by atoms with E-state index in [2.05, 4.69) is 5.32 Å². The van der Waals surface area contributed by atoms with Gasteiger partial charge < -0.3 is 19.7 Å². The van der Waals surface area contributed by atoms with Gasteiger partial charge in [-0.3, -0.25) is 14.9 Å². The summed E-state index contributed by atoms with van der Waals surface area (Å²) in [4.78, 5) is 36.9. The first-order valence-corrected chi connectivity index (χ1v) is 9.26. The predicted molar refractivity (Wildman–Crippen MR) is 112 cm³/mol. The van der Waals surface area contributed by atoms with Gasteiger partial charge in [0, 0.05) is 37.0 Å². The van der Waals surface area contributed by atoms with Crippen LogP contribution in [-0.2, 0) is 14.3 Å². The summed E-state index contributed by atoms with van der Waals surface area (Å²) >= 11 is 0. The highest BCUT2D eigenvalue weighted by Gasteiger charge is 2.20. The highest BCUT2D eigenvalue weighted by molar-refractivity contribution is 6.03. The standard InChI is InChI=1S/C21H21N3O6/c1-29-21(26)18-14-16(6-7-19(18)23-9-11-30-12-10-23)22-20(25)8-5-15-3-2-4-17(13-15)24(27)28/h2-8,13-14H,9-12H2,1H3,(H,22,25). The fraction of sp³-hybridized carbons (Fsp3) is 0.238. The van der Waals surface area contributed by atoms with Gasteiger partial charge in [-0.05, 0) is 29.8 Å². The van der Waals surface area contributed by atoms with Gasteiger partial charge in [0.15, 0.2) is 0 Å². The lowest BCUT2D eigenvalue weighted by atomic mass is 10.1. The van der Waals surface area contributed by atoms with Crippen LogP contribution >= 0.6 is 0 Å². The van der Waals surface area contributed by atoms with Crippen molar-refractivity contribution in [1.82, 2.24) is 0 Å². The number of carbonyl (C=O) groups excluding carboxylic acids is 2. The Morgan fingerprint density at radius 2 is 1.97 bits per heavy atom. The molecule has 9 nitrogen and oxygen atoms in total. The van der Waals surface area contributed by atoms with Crippen LogP contribution in [-0.4, -0.2) is 50.2 Å². The van der Waals surface area contributed by atoms with Crippen LogP contribution in [0.4, 0.5) is 17.1 Å². The van der Waals surface area contributed by atoms with Crippen LogP contribution in [0, 0.1) is 10.1 Å². The molecule has 30 heavy (non-hydrogen) atoms. The minimum absolute atomic E-state index is 0.0565. The van der Waals surface area contributed by atoms with Gasteiger partial charge in [-0.1, -0.05) is 12.1 Å². The molecule has 1 saturated heterocycles. The normalized spacial score (nSPS) is 13.8. The molecule has 0 radical (unpaired) electrons. The van der Waals surface area contributed by atoms with E-state index in [4.69, 9.17) is 9.47 Å². The Hall–Kier alpha value is -3.72. The minimum atomic E-state index is -0.500. The number of methoxy groups -OCH3 is 1. The molecule has 2 aromatic carbocycles. The Kier molecular flexibility index (Phi) is 6.76. The maximum Gasteiger partial charge on any atom is 0.340 e. The average Bonchev–Trinajstić information content (AvgIpc) is 2.78. The summed E-state index contributed by atoms with van der Waals surface area (Å²) in [5, 5.41) is 13.5. The Balaban J connectivity index is 1.75. The van der Waals surface area contributed by atoms with Crippen molar-refractivity contribution in [3.8, 4) is 0 Å². The number of non-ortho nitro benzene ring substituents is 1. The number of carbonyl (C=O) groups is 2. The monoisotopic (exact) mass is 411 g/mol. The first kappa shape index (κ1) is 21.0. The lowest BCUT2D eigenvalue weighted by Gasteiger charge is -2.30. The Morgan fingerprint density at radius 3 is 2.67 bits per heavy atom. The molecule has 0 aliphatic carbocycles. The van der Waals surface area contributed by atoms with Gasteiger partial charge in [-0.25, -0.2) is 4.79 Å². The van der Waals surface area contributed by atoms with Crippen molar-refractivity contribution < 1.29 is 24.0 Å². The Morgan fingerprint density at radius 1 is 1.20 bits per heavy atom. The number of morpholine rings is 1. The number of nitro groups is 1. The molecule has 0 bridgehead atoms. The summed E-state index contributed by atoms with van der Waals surface area (Å²) in [7, 11) is 1.30. The first-order chi connectivity index (χ1) is 14.5. The molecule has 3 rings (SSSR count). The molecule has 0 atom stereocenters. The smallest absolute Gasteiger partial charge is 0.340 e. The number of amides is 1. The summed E-state index contributed by atoms with van der Waals surface area (Å²) in [6.45, 7) is 2.45. The number of anilines is 2. The Bertz CT molecular complexity index is 982. The molecule has 1 amide bonds. The van der Waals surface area contributed by atoms with Crippen LogP contribution in [0.3, 0.4) is 0 Å². The fourth-order valence-electron chi connectivity index (χ4n) is 3.07. The van der Waals surface area contributed by atoms with E-state index < -0.39 is 16.8 Å². The molecule has 1 heterocycles. The molecule has 0 unspecified atom stereocenters. The van der Waals surface area contributed by atoms with E-state index in [1.807, 2.05) is 4.90 Å². The number of benzene rings is 2. The van der Waals surface area contributed by atoms with Crippen molar-refractivity contribution in [3.05, 3.63) is 69.8 Å². The van der Waals surface area contributed by atoms with Gasteiger partial charge in [0.2, 0.25) is 5.91 Å². The molecule has 0 spiro atoms. The van der Waals surface area contributed by atoms with E-state index in [9.17, 15) is 19.7 Å². The van der Waals surface area contributed by atoms with Crippen molar-refractivity contribution in [2.45, 2.75) is 0 Å². The van der Waals surface area contributed by atoms with Crippen LogP contribution in [0.1, 0.15) is 15.9 Å². The Labute approximate surface area is 173 Å². The predicted octanol–water partition coefficient (Wildman–Crippen LogP) is 2.87. The molecule has 1 fully saturated rings. The third-order valence-electron chi connectivity index (χ3n) is 4.53. The number of nitrogens with one attached hydrogen (secondary N) is 1. The van der Waals surface area contributed by atoms with E-state index in [0.29, 0.717) is 43.1 Å². The van der Waals surface area contributed by atoms with Crippen LogP contribution < -0.4 is 10.2 Å². The highest BCUT2D eigenvalue weighted by atomic mass is 16.6. The third kappa shape index (κ3) is 5.21. The van der Waals surface area contributed by atoms with E-state index >= 15 is 0 Å². The zero-order valence-electron chi connectivity index (χ0n) is 16.4. The third-order valence-corrected chi connectivity index (χ3v) is 4.53. The number of rotatable bonds is 6. The summed E-state index contributed by atoms with van der Waals surface area (Å²) in [6, 6.07) is 11.0. The number of nitro benzene ring substituents is 1. The van der Waals surface area contributed by atoms with E-state index in [0.717, 1.165) is 5.69 Å². The van der Waals surface area contributed by atoms with Crippen molar-refractivity contribution in [2.24, 2.45) is 0 Å². The SMILES string of the molecule is COC(=O)c1cc(NC(=O)C=Cc2cccc([N+](=O)[O-])c2)ccc1N1CCOCC1. The van der Waals surface area contributed by atoms with Crippen LogP contribution in [0.15, 0.2) is 48.5 Å². The molecular formula is C21H21N3O6. The molecule has 0 aromatic heterocycles. The van der Waals surface area contributed by atoms with Gasteiger partial charge in [-0.15, -0.1) is 0 Å². The fourth-order valence-corrected chi connectivity index (χ4v) is 3.07. The second-order valence-electron chi connectivity index (χ2n) is 6.50. The molecule has 1 aliphatic heterocycles. The minimum Gasteiger partial charge on any atom is -0.465 e. The second kappa shape index (κ2) is 9.66. The number of ether oxygens (including phenoxy) is 2. The first-order valence-electron chi connectivity index (χ1n) is 9.26. The van der Waals surface area contributed by atoms with E-state index in [1.54, 1.807) is 30.3 Å². The van der Waals surface area contributed by atoms with Crippen LogP contribution in [0.25, 0.3) is 6.08 Å². The van der Waals surface area contributed by atoms with Crippen molar-refractivity contribution >= 4 is 35.0 Å². The maximum absolute atomic E-state index is 12.3. The van der Waals surface area contributed by atoms with Gasteiger partial charge in [0.05, 0.1) is 36.5 Å². The zero-order chi connectivity index (χ0) is 21.5. The zero-order valence-corrected chi connectivity index (χ0v) is 16.4. The van der Waals surface area contributed by atoms with Crippen molar-refractivity contribution in [2.75, 3.05) is 43.6 Å². The number of hydrogen-bond acceptors (Lipinski definition) is 7. The summed E-state index contributed by atoms with van der Waals surface area (Å²) in [6.07, 6.45) is 2.75. The maximum atomic E-state index is 12.3. The molecular weight excluding hydrogens is 390 g/mol. The highest BCUT2D eigenvalue weighted by Crippen LogP contribution is 2.26. The topological polar surface area (TPSA) is 111 Å². The lowest BCUT2D eigenvalue weighted by Crippen LogP contribution is -2.37. The molecule has 2 aromatic rings. The van der Waals surface area contributed by atoms with Crippen molar-refractivity contribution in [3.63, 3.8) is 0 Å². The van der Waals surface area contributed by atoms with Gasteiger partial charge in [0.25, 0.3) is 5.69 Å².